The monoisotopic (exact) mass is 463 g/mol. The smallest absolute Gasteiger partial charge is 0.338 e. The minimum atomic E-state index is -0.606. The SMILES string of the molecule is CCOC(=O)c1ccc(NC(=O)C[C@@H]2SC(=N/N=C\c3c[nH]c4ccccc34)NC2=O)cc1. The standard InChI is InChI=1S/C23H21N5O4S/c1-2-32-22(31)14-7-9-16(10-8-14)26-20(29)11-19-21(30)27-23(33-19)28-25-13-15-12-24-18-6-4-3-5-17(15)18/h3-10,12-13,19,24H,2,11H2,1H3,(H,26,29)(H,27,28,30)/b25-13-/t19-/m0/s1. The lowest BCUT2D eigenvalue weighted by molar-refractivity contribution is -0.122. The van der Waals surface area contributed by atoms with E-state index in [0.29, 0.717) is 16.4 Å². The molecule has 2 aromatic carbocycles. The zero-order chi connectivity index (χ0) is 23.2. The van der Waals surface area contributed by atoms with Crippen LogP contribution in [-0.4, -0.2) is 46.0 Å². The van der Waals surface area contributed by atoms with Gasteiger partial charge in [0.2, 0.25) is 11.8 Å². The van der Waals surface area contributed by atoms with Crippen LogP contribution in [0, 0.1) is 0 Å². The van der Waals surface area contributed by atoms with E-state index in [2.05, 4.69) is 25.8 Å². The molecule has 3 aromatic rings. The molecule has 33 heavy (non-hydrogen) atoms. The molecule has 0 unspecified atom stereocenters. The predicted octanol–water partition coefficient (Wildman–Crippen LogP) is 3.29. The van der Waals surface area contributed by atoms with E-state index in [1.54, 1.807) is 37.4 Å². The molecule has 4 rings (SSSR count). The summed E-state index contributed by atoms with van der Waals surface area (Å²) in [5, 5.41) is 14.3. The number of aromatic amines is 1. The largest absolute Gasteiger partial charge is 0.462 e. The zero-order valence-electron chi connectivity index (χ0n) is 17.7. The van der Waals surface area contributed by atoms with Crippen LogP contribution in [0.1, 0.15) is 29.3 Å². The number of thioether (sulfide) groups is 1. The first-order chi connectivity index (χ1) is 16.0. The molecule has 2 amide bonds. The van der Waals surface area contributed by atoms with Crippen LogP contribution in [0.15, 0.2) is 64.9 Å². The van der Waals surface area contributed by atoms with Gasteiger partial charge in [0.1, 0.15) is 5.25 Å². The molecule has 0 aliphatic carbocycles. The summed E-state index contributed by atoms with van der Waals surface area (Å²) in [5.74, 6) is -1.04. The highest BCUT2D eigenvalue weighted by molar-refractivity contribution is 8.15. The minimum Gasteiger partial charge on any atom is -0.462 e. The third kappa shape index (κ3) is 5.47. The Morgan fingerprint density at radius 3 is 2.76 bits per heavy atom. The number of hydrogen-bond acceptors (Lipinski definition) is 7. The van der Waals surface area contributed by atoms with E-state index in [-0.39, 0.29) is 24.8 Å². The van der Waals surface area contributed by atoms with Gasteiger partial charge in [0.25, 0.3) is 0 Å². The Morgan fingerprint density at radius 1 is 1.18 bits per heavy atom. The number of esters is 1. The van der Waals surface area contributed by atoms with E-state index >= 15 is 0 Å². The number of carbonyl (C=O) groups excluding carboxylic acids is 3. The summed E-state index contributed by atoms with van der Waals surface area (Å²) in [5.41, 5.74) is 2.80. The van der Waals surface area contributed by atoms with Crippen molar-refractivity contribution >= 4 is 57.5 Å². The van der Waals surface area contributed by atoms with Gasteiger partial charge in [-0.15, -0.1) is 5.10 Å². The first-order valence-electron chi connectivity index (χ1n) is 10.2. The molecule has 168 valence electrons. The van der Waals surface area contributed by atoms with Crippen LogP contribution in [0.5, 0.6) is 0 Å². The molecule has 1 aliphatic rings. The number of fused-ring (bicyclic) bond motifs is 1. The van der Waals surface area contributed by atoms with Gasteiger partial charge in [0.15, 0.2) is 5.17 Å². The van der Waals surface area contributed by atoms with Gasteiger partial charge in [-0.25, -0.2) is 4.79 Å². The molecule has 1 aliphatic heterocycles. The Labute approximate surface area is 193 Å². The number of amides is 2. The summed E-state index contributed by atoms with van der Waals surface area (Å²) >= 11 is 1.16. The summed E-state index contributed by atoms with van der Waals surface area (Å²) < 4.78 is 4.93. The Morgan fingerprint density at radius 2 is 1.97 bits per heavy atom. The second-order valence-corrected chi connectivity index (χ2v) is 8.28. The van der Waals surface area contributed by atoms with Gasteiger partial charge < -0.3 is 20.4 Å². The number of aromatic nitrogens is 1. The van der Waals surface area contributed by atoms with E-state index in [1.807, 2.05) is 30.5 Å². The molecule has 9 nitrogen and oxygen atoms in total. The fraction of sp³-hybridized carbons (Fsp3) is 0.174. The van der Waals surface area contributed by atoms with Gasteiger partial charge in [-0.1, -0.05) is 30.0 Å². The summed E-state index contributed by atoms with van der Waals surface area (Å²) in [6.45, 7) is 2.02. The first kappa shape index (κ1) is 22.3. The summed E-state index contributed by atoms with van der Waals surface area (Å²) in [6.07, 6.45) is 3.42. The number of nitrogens with one attached hydrogen (secondary N) is 3. The minimum absolute atomic E-state index is 0.0265. The second kappa shape index (κ2) is 10.1. The van der Waals surface area contributed by atoms with E-state index in [1.165, 1.54) is 0 Å². The molecule has 2 heterocycles. The number of rotatable bonds is 7. The first-order valence-corrected chi connectivity index (χ1v) is 11.1. The van der Waals surface area contributed by atoms with Crippen molar-refractivity contribution in [3.8, 4) is 0 Å². The topological polar surface area (TPSA) is 125 Å². The van der Waals surface area contributed by atoms with Crippen LogP contribution in [-0.2, 0) is 14.3 Å². The van der Waals surface area contributed by atoms with E-state index in [4.69, 9.17) is 4.74 Å². The van der Waals surface area contributed by atoms with Crippen molar-refractivity contribution in [2.24, 2.45) is 10.2 Å². The van der Waals surface area contributed by atoms with Gasteiger partial charge in [-0.05, 0) is 37.3 Å². The highest BCUT2D eigenvalue weighted by Crippen LogP contribution is 2.23. The zero-order valence-corrected chi connectivity index (χ0v) is 18.5. The van der Waals surface area contributed by atoms with Gasteiger partial charge in [0, 0.05) is 34.8 Å². The van der Waals surface area contributed by atoms with Crippen molar-refractivity contribution in [3.63, 3.8) is 0 Å². The van der Waals surface area contributed by atoms with Crippen LogP contribution >= 0.6 is 11.8 Å². The number of hydrogen-bond donors (Lipinski definition) is 3. The van der Waals surface area contributed by atoms with Crippen LogP contribution in [0.4, 0.5) is 5.69 Å². The fourth-order valence-corrected chi connectivity index (χ4v) is 4.14. The van der Waals surface area contributed by atoms with Crippen LogP contribution in [0.25, 0.3) is 10.9 Å². The Bertz CT molecular complexity index is 1250. The summed E-state index contributed by atoms with van der Waals surface area (Å²) in [6, 6.07) is 14.2. The van der Waals surface area contributed by atoms with Gasteiger partial charge in [-0.2, -0.15) is 5.10 Å². The number of benzene rings is 2. The second-order valence-electron chi connectivity index (χ2n) is 7.09. The lowest BCUT2D eigenvalue weighted by Gasteiger charge is -2.08. The molecule has 1 fully saturated rings. The third-order valence-electron chi connectivity index (χ3n) is 4.79. The van der Waals surface area contributed by atoms with Gasteiger partial charge in [0.05, 0.1) is 18.4 Å². The Hall–Kier alpha value is -3.92. The number of para-hydroxylation sites is 1. The van der Waals surface area contributed by atoms with E-state index < -0.39 is 11.2 Å². The fourth-order valence-electron chi connectivity index (χ4n) is 3.22. The maximum atomic E-state index is 12.4. The average molecular weight is 464 g/mol. The normalized spacial score (nSPS) is 16.9. The van der Waals surface area contributed by atoms with Gasteiger partial charge >= 0.3 is 5.97 Å². The molecule has 1 saturated heterocycles. The lowest BCUT2D eigenvalue weighted by atomic mass is 10.2. The Kier molecular flexibility index (Phi) is 6.84. The highest BCUT2D eigenvalue weighted by Gasteiger charge is 2.32. The molecule has 0 bridgehead atoms. The lowest BCUT2D eigenvalue weighted by Crippen LogP contribution is -2.28. The Balaban J connectivity index is 1.31. The number of H-pyrrole nitrogens is 1. The predicted molar refractivity (Wildman–Crippen MR) is 128 cm³/mol. The van der Waals surface area contributed by atoms with Crippen molar-refractivity contribution in [1.82, 2.24) is 10.3 Å². The molecule has 3 N–H and O–H groups in total. The number of nitrogens with zero attached hydrogens (tertiary/aromatic N) is 2. The van der Waals surface area contributed by atoms with Crippen molar-refractivity contribution in [2.45, 2.75) is 18.6 Å². The maximum absolute atomic E-state index is 12.4. The summed E-state index contributed by atoms with van der Waals surface area (Å²) in [7, 11) is 0. The van der Waals surface area contributed by atoms with E-state index in [0.717, 1.165) is 28.2 Å². The molecule has 1 aromatic heterocycles. The number of amidine groups is 1. The van der Waals surface area contributed by atoms with Crippen molar-refractivity contribution < 1.29 is 19.1 Å². The van der Waals surface area contributed by atoms with Crippen molar-refractivity contribution in [2.75, 3.05) is 11.9 Å². The molecule has 0 saturated carbocycles. The molecule has 0 radical (unpaired) electrons. The number of ether oxygens (including phenoxy) is 1. The summed E-state index contributed by atoms with van der Waals surface area (Å²) in [4.78, 5) is 39.4. The number of carbonyl (C=O) groups is 3. The molecule has 10 heteroatoms. The van der Waals surface area contributed by atoms with Gasteiger partial charge in [-0.3, -0.25) is 9.59 Å². The van der Waals surface area contributed by atoms with E-state index in [9.17, 15) is 14.4 Å². The molecular weight excluding hydrogens is 442 g/mol. The quantitative estimate of drug-likeness (QED) is 0.282. The van der Waals surface area contributed by atoms with Crippen LogP contribution < -0.4 is 10.6 Å². The van der Waals surface area contributed by atoms with Crippen molar-refractivity contribution in [1.29, 1.82) is 0 Å². The third-order valence-corrected chi connectivity index (χ3v) is 5.87. The van der Waals surface area contributed by atoms with Crippen molar-refractivity contribution in [3.05, 3.63) is 65.9 Å². The maximum Gasteiger partial charge on any atom is 0.338 e. The van der Waals surface area contributed by atoms with Crippen LogP contribution in [0.3, 0.4) is 0 Å². The highest BCUT2D eigenvalue weighted by atomic mass is 32.2. The molecular formula is C23H21N5O4S. The molecule has 0 spiro atoms. The van der Waals surface area contributed by atoms with Crippen LogP contribution in [0.2, 0.25) is 0 Å². The number of anilines is 1. The average Bonchev–Trinajstić information content (AvgIpc) is 3.37. The molecule has 1 atom stereocenters.